The summed E-state index contributed by atoms with van der Waals surface area (Å²) in [4.78, 5) is -0.207. The van der Waals surface area contributed by atoms with Crippen molar-refractivity contribution in [3.05, 3.63) is 48.0 Å². The molecule has 0 bridgehead atoms. The van der Waals surface area contributed by atoms with E-state index in [-0.39, 0.29) is 38.2 Å². The molecular formula is C18H15IN2O7S2. The van der Waals surface area contributed by atoms with Gasteiger partial charge >= 0.3 is 0 Å². The van der Waals surface area contributed by atoms with E-state index in [4.69, 9.17) is 4.74 Å². The van der Waals surface area contributed by atoms with E-state index in [9.17, 15) is 26.5 Å². The summed E-state index contributed by atoms with van der Waals surface area (Å²) in [6, 6.07) is 9.78. The fourth-order valence-electron chi connectivity index (χ4n) is 2.81. The minimum Gasteiger partial charge on any atom is -0.506 e. The van der Waals surface area contributed by atoms with E-state index in [0.717, 1.165) is 6.07 Å². The third kappa shape index (κ3) is 4.55. The number of benzene rings is 3. The van der Waals surface area contributed by atoms with Crippen LogP contribution < -0.4 is 4.74 Å². The summed E-state index contributed by atoms with van der Waals surface area (Å²) < 4.78 is 60.9. The highest BCUT2D eigenvalue weighted by Gasteiger charge is 2.18. The topological polar surface area (TPSA) is 143 Å². The molecule has 0 aliphatic rings. The van der Waals surface area contributed by atoms with Crippen LogP contribution in [0, 0.1) is 6.92 Å². The summed E-state index contributed by atoms with van der Waals surface area (Å²) in [5.41, 5.74) is 0.500. The van der Waals surface area contributed by atoms with Crippen LogP contribution in [0.15, 0.2) is 62.5 Å². The van der Waals surface area contributed by atoms with Crippen LogP contribution in [0.2, 0.25) is 0 Å². The molecule has 0 heterocycles. The number of fused-ring (bicyclic) bond motifs is 1. The smallest absolute Gasteiger partial charge is 0.294 e. The van der Waals surface area contributed by atoms with Crippen molar-refractivity contribution in [1.82, 2.24) is 0 Å². The highest BCUT2D eigenvalue weighted by molar-refractivity contribution is 14.2. The van der Waals surface area contributed by atoms with E-state index < -0.39 is 17.1 Å². The lowest BCUT2D eigenvalue weighted by molar-refractivity contribution is 0.413. The molecule has 0 amide bonds. The lowest BCUT2D eigenvalue weighted by atomic mass is 10.1. The minimum atomic E-state index is -4.44. The Bertz CT molecular complexity index is 1400. The Morgan fingerprint density at radius 2 is 1.70 bits per heavy atom. The van der Waals surface area contributed by atoms with Gasteiger partial charge in [0.05, 0.1) is 33.2 Å². The Morgan fingerprint density at radius 1 is 1.00 bits per heavy atom. The van der Waals surface area contributed by atoms with E-state index in [1.165, 1.54) is 65.6 Å². The van der Waals surface area contributed by atoms with Gasteiger partial charge in [-0.3, -0.25) is 4.55 Å². The molecule has 0 saturated carbocycles. The molecule has 158 valence electrons. The van der Waals surface area contributed by atoms with Gasteiger partial charge in [0.2, 0.25) is 7.01 Å². The van der Waals surface area contributed by atoms with Crippen LogP contribution in [0.4, 0.5) is 11.4 Å². The Morgan fingerprint density at radius 3 is 2.30 bits per heavy atom. The summed E-state index contributed by atoms with van der Waals surface area (Å²) in [5.74, 6) is -0.128. The van der Waals surface area contributed by atoms with Crippen molar-refractivity contribution in [3.63, 3.8) is 0 Å². The fourth-order valence-corrected chi connectivity index (χ4v) is 4.86. The van der Waals surface area contributed by atoms with Gasteiger partial charge in [0, 0.05) is 11.5 Å². The average molecular weight is 562 g/mol. The molecule has 3 aromatic carbocycles. The summed E-state index contributed by atoms with van der Waals surface area (Å²) in [6.45, 7) is 1.48. The second kappa shape index (κ2) is 8.09. The predicted octanol–water partition coefficient (Wildman–Crippen LogP) is 4.65. The second-order valence-electron chi connectivity index (χ2n) is 6.22. The van der Waals surface area contributed by atoms with Gasteiger partial charge in [0.25, 0.3) is 10.1 Å². The van der Waals surface area contributed by atoms with Crippen LogP contribution in [0.1, 0.15) is 5.56 Å². The molecule has 0 unspecified atom stereocenters. The lowest BCUT2D eigenvalue weighted by Gasteiger charge is -2.09. The van der Waals surface area contributed by atoms with Crippen LogP contribution in [0.3, 0.4) is 0 Å². The van der Waals surface area contributed by atoms with Gasteiger partial charge in [-0.2, -0.15) is 8.42 Å². The molecule has 9 nitrogen and oxygen atoms in total. The molecule has 0 atom stereocenters. The minimum absolute atomic E-state index is 0.0509. The van der Waals surface area contributed by atoms with E-state index in [1.54, 1.807) is 6.07 Å². The first-order chi connectivity index (χ1) is 13.9. The highest BCUT2D eigenvalue weighted by atomic mass is 127. The molecule has 30 heavy (non-hydrogen) atoms. The number of aryl methyl sites for hydroxylation is 1. The second-order valence-corrected chi connectivity index (χ2v) is 12.4. The molecule has 0 aromatic heterocycles. The van der Waals surface area contributed by atoms with Crippen molar-refractivity contribution in [1.29, 1.82) is 0 Å². The molecule has 0 spiro atoms. The number of ether oxygens (including phenoxy) is 1. The van der Waals surface area contributed by atoms with Crippen molar-refractivity contribution in [2.75, 3.05) is 7.11 Å². The third-order valence-electron chi connectivity index (χ3n) is 4.24. The van der Waals surface area contributed by atoms with Gasteiger partial charge < -0.3 is 9.84 Å². The Hall–Kier alpha value is -2.29. The molecule has 0 fully saturated rings. The lowest BCUT2D eigenvalue weighted by Crippen LogP contribution is -2.01. The molecule has 3 rings (SSSR count). The maximum Gasteiger partial charge on any atom is 0.294 e. The summed E-state index contributed by atoms with van der Waals surface area (Å²) in [6.07, 6.45) is 0. The normalized spacial score (nSPS) is 12.5. The zero-order chi connectivity index (χ0) is 22.3. The summed E-state index contributed by atoms with van der Waals surface area (Å²) in [5, 5.41) is 19.4. The first-order valence-corrected chi connectivity index (χ1v) is 13.7. The number of nitrogens with zero attached hydrogens (tertiary/aromatic N) is 2. The van der Waals surface area contributed by atoms with Crippen LogP contribution in [-0.2, 0) is 17.1 Å². The number of aromatic hydroxyl groups is 1. The van der Waals surface area contributed by atoms with Crippen molar-refractivity contribution >= 4 is 60.5 Å². The molecule has 0 aliphatic carbocycles. The fraction of sp³-hybridized carbons (Fsp3) is 0.111. The number of hydrogen-bond acceptors (Lipinski definition) is 8. The van der Waals surface area contributed by atoms with Gasteiger partial charge in [-0.1, -0.05) is 12.1 Å². The zero-order valence-corrected chi connectivity index (χ0v) is 19.4. The number of rotatable bonds is 5. The SMILES string of the molecule is COc1cc(S(=O)(=O)O)c(C)cc1/N=N/c1c(O)ccc2cc(S(=O)(=O)I)ccc12. The number of phenolic OH excluding ortho intramolecular Hbond substituents is 1. The first-order valence-electron chi connectivity index (χ1n) is 8.20. The molecule has 2 N–H and O–H groups in total. The number of methoxy groups -OCH3 is 1. The number of azo groups is 1. The molecule has 0 radical (unpaired) electrons. The largest absolute Gasteiger partial charge is 0.506 e. The molecule has 0 saturated heterocycles. The Labute approximate surface area is 184 Å². The zero-order valence-electron chi connectivity index (χ0n) is 15.6. The van der Waals surface area contributed by atoms with E-state index in [0.29, 0.717) is 10.8 Å². The summed E-state index contributed by atoms with van der Waals surface area (Å²) in [7, 11) is -6.57. The predicted molar refractivity (Wildman–Crippen MR) is 119 cm³/mol. The highest BCUT2D eigenvalue weighted by Crippen LogP contribution is 2.39. The molecular weight excluding hydrogens is 547 g/mol. The maximum atomic E-state index is 11.8. The molecule has 12 heteroatoms. The maximum absolute atomic E-state index is 11.8. The van der Waals surface area contributed by atoms with Crippen molar-refractivity contribution in [2.45, 2.75) is 16.7 Å². The molecule has 0 aliphatic heterocycles. The van der Waals surface area contributed by atoms with Gasteiger partial charge in [0.15, 0.2) is 0 Å². The van der Waals surface area contributed by atoms with Gasteiger partial charge in [0.1, 0.15) is 27.8 Å². The van der Waals surface area contributed by atoms with Crippen molar-refractivity contribution in [2.24, 2.45) is 10.2 Å². The Kier molecular flexibility index (Phi) is 6.04. The molecule has 3 aromatic rings. The van der Waals surface area contributed by atoms with Crippen LogP contribution in [-0.4, -0.2) is 33.6 Å². The number of hydrogen-bond donors (Lipinski definition) is 2. The van der Waals surface area contributed by atoms with Gasteiger partial charge in [-0.05, 0) is 42.1 Å². The van der Waals surface area contributed by atoms with Crippen LogP contribution >= 0.6 is 21.2 Å². The number of halogens is 1. The van der Waals surface area contributed by atoms with Crippen LogP contribution in [0.5, 0.6) is 11.5 Å². The van der Waals surface area contributed by atoms with E-state index in [1.807, 2.05) is 0 Å². The van der Waals surface area contributed by atoms with Crippen LogP contribution in [0.25, 0.3) is 10.8 Å². The summed E-state index contributed by atoms with van der Waals surface area (Å²) >= 11 is 1.34. The number of phenols is 1. The van der Waals surface area contributed by atoms with Crippen molar-refractivity contribution in [3.8, 4) is 11.5 Å². The Balaban J connectivity index is 2.14. The quantitative estimate of drug-likeness (QED) is 0.200. The average Bonchev–Trinajstić information content (AvgIpc) is 2.65. The standard InChI is InChI=1S/C18H15IN2O7S2/c1-10-7-14(16(28-2)9-17(10)30(25,26)27)20-21-18-13-5-4-12(29(19,23)24)8-11(13)3-6-15(18)22/h3-9,22H,1-2H3,(H,25,26,27)/b21-20+. The van der Waals surface area contributed by atoms with E-state index in [2.05, 4.69) is 10.2 Å². The first kappa shape index (κ1) is 22.4. The monoisotopic (exact) mass is 562 g/mol. The third-order valence-corrected chi connectivity index (χ3v) is 7.57. The van der Waals surface area contributed by atoms with Crippen molar-refractivity contribution < 1.29 is 31.2 Å². The van der Waals surface area contributed by atoms with E-state index >= 15 is 0 Å². The van der Waals surface area contributed by atoms with Gasteiger partial charge in [-0.25, -0.2) is 8.42 Å². The van der Waals surface area contributed by atoms with Gasteiger partial charge in [-0.15, -0.1) is 10.2 Å².